The van der Waals surface area contributed by atoms with E-state index in [1.54, 1.807) is 0 Å². The average Bonchev–Trinajstić information content (AvgIpc) is 2.99. The summed E-state index contributed by atoms with van der Waals surface area (Å²) in [5.74, 6) is 0.222. The van der Waals surface area contributed by atoms with E-state index in [4.69, 9.17) is 9.47 Å². The van der Waals surface area contributed by atoms with Crippen molar-refractivity contribution in [1.82, 2.24) is 15.3 Å². The number of esters is 1. The lowest BCUT2D eigenvalue weighted by molar-refractivity contribution is 0.0588. The Hall–Kier alpha value is -1.53. The third-order valence-corrected chi connectivity index (χ3v) is 3.55. The zero-order chi connectivity index (χ0) is 13.2. The Morgan fingerprint density at radius 1 is 1.47 bits per heavy atom. The molecule has 0 saturated carbocycles. The van der Waals surface area contributed by atoms with E-state index < -0.39 is 0 Å². The lowest BCUT2D eigenvalue weighted by Crippen LogP contribution is -2.29. The zero-order valence-corrected chi connectivity index (χ0v) is 10.9. The van der Waals surface area contributed by atoms with Gasteiger partial charge in [0.1, 0.15) is 6.10 Å². The van der Waals surface area contributed by atoms with Gasteiger partial charge in [-0.25, -0.2) is 14.8 Å². The summed E-state index contributed by atoms with van der Waals surface area (Å²) in [5.41, 5.74) is 2.21. The largest absolute Gasteiger partial charge is 0.464 e. The molecule has 1 unspecified atom stereocenters. The Labute approximate surface area is 111 Å². The molecule has 1 aromatic heterocycles. The summed E-state index contributed by atoms with van der Waals surface area (Å²) in [5, 5.41) is 3.26. The van der Waals surface area contributed by atoms with Gasteiger partial charge in [0.05, 0.1) is 12.8 Å². The Morgan fingerprint density at radius 2 is 2.37 bits per heavy atom. The number of methoxy groups -OCH3 is 1. The second-order valence-electron chi connectivity index (χ2n) is 4.78. The molecule has 3 rings (SSSR count). The van der Waals surface area contributed by atoms with Crippen LogP contribution in [0.2, 0.25) is 0 Å². The lowest BCUT2D eigenvalue weighted by atomic mass is 10.0. The van der Waals surface area contributed by atoms with Gasteiger partial charge in [0, 0.05) is 18.7 Å². The first-order valence-electron chi connectivity index (χ1n) is 6.60. The van der Waals surface area contributed by atoms with Crippen molar-refractivity contribution < 1.29 is 14.3 Å². The molecule has 6 nitrogen and oxygen atoms in total. The van der Waals surface area contributed by atoms with Crippen LogP contribution in [0.1, 0.15) is 46.5 Å². The molecule has 0 amide bonds. The number of fused-ring (bicyclic) bond motifs is 1. The quantitative estimate of drug-likeness (QED) is 0.794. The average molecular weight is 263 g/mol. The molecule has 1 fully saturated rings. The summed E-state index contributed by atoms with van der Waals surface area (Å²) in [6.07, 6.45) is 2.59. The lowest BCUT2D eigenvalue weighted by Gasteiger charge is -2.20. The Bertz CT molecular complexity index is 498. The van der Waals surface area contributed by atoms with Gasteiger partial charge < -0.3 is 14.8 Å². The maximum absolute atomic E-state index is 11.9. The molecule has 0 aliphatic carbocycles. The van der Waals surface area contributed by atoms with Crippen molar-refractivity contribution in [2.75, 3.05) is 20.3 Å². The van der Waals surface area contributed by atoms with Crippen molar-refractivity contribution >= 4 is 5.97 Å². The highest BCUT2D eigenvalue weighted by molar-refractivity contribution is 5.89. The van der Waals surface area contributed by atoms with Crippen molar-refractivity contribution in [1.29, 1.82) is 0 Å². The van der Waals surface area contributed by atoms with Gasteiger partial charge in [-0.1, -0.05) is 0 Å². The van der Waals surface area contributed by atoms with Gasteiger partial charge in [-0.15, -0.1) is 0 Å². The number of carbonyl (C=O) groups is 1. The Balaban J connectivity index is 2.04. The van der Waals surface area contributed by atoms with Crippen molar-refractivity contribution in [2.45, 2.75) is 31.9 Å². The summed E-state index contributed by atoms with van der Waals surface area (Å²) in [7, 11) is 1.38. The van der Waals surface area contributed by atoms with Crippen LogP contribution in [0.4, 0.5) is 0 Å². The molecular formula is C13H17N3O3. The smallest absolute Gasteiger partial charge is 0.357 e. The van der Waals surface area contributed by atoms with Crippen molar-refractivity contribution in [2.24, 2.45) is 0 Å². The summed E-state index contributed by atoms with van der Waals surface area (Å²) < 4.78 is 10.4. The van der Waals surface area contributed by atoms with E-state index in [2.05, 4.69) is 15.3 Å². The van der Waals surface area contributed by atoms with Crippen LogP contribution in [-0.4, -0.2) is 36.2 Å². The third-order valence-electron chi connectivity index (χ3n) is 3.55. The van der Waals surface area contributed by atoms with Gasteiger partial charge in [0.15, 0.2) is 11.5 Å². The first-order valence-corrected chi connectivity index (χ1v) is 6.60. The highest BCUT2D eigenvalue weighted by Gasteiger charge is 2.27. The number of nitrogens with one attached hydrogen (secondary N) is 1. The zero-order valence-electron chi connectivity index (χ0n) is 10.9. The van der Waals surface area contributed by atoms with E-state index >= 15 is 0 Å². The molecule has 3 heterocycles. The van der Waals surface area contributed by atoms with Gasteiger partial charge in [-0.2, -0.15) is 0 Å². The molecule has 1 aromatic rings. The van der Waals surface area contributed by atoms with Crippen LogP contribution in [0.5, 0.6) is 0 Å². The molecule has 102 valence electrons. The van der Waals surface area contributed by atoms with Crippen molar-refractivity contribution in [3.05, 3.63) is 22.8 Å². The molecule has 2 aliphatic rings. The molecule has 2 aliphatic heterocycles. The Morgan fingerprint density at radius 3 is 3.11 bits per heavy atom. The molecule has 1 atom stereocenters. The standard InChI is InChI=1S/C13H17N3O3/c1-18-13(17)11-8-4-5-14-7-9(8)15-12(16-11)10-3-2-6-19-10/h10,14H,2-7H2,1H3. The fourth-order valence-electron chi connectivity index (χ4n) is 2.57. The van der Waals surface area contributed by atoms with Crippen LogP contribution < -0.4 is 5.32 Å². The SMILES string of the molecule is COC(=O)c1nc(C2CCCO2)nc2c1CCNC2. The molecule has 0 bridgehead atoms. The van der Waals surface area contributed by atoms with Crippen LogP contribution >= 0.6 is 0 Å². The van der Waals surface area contributed by atoms with Gasteiger partial charge in [-0.3, -0.25) is 0 Å². The normalized spacial score (nSPS) is 22.1. The maximum Gasteiger partial charge on any atom is 0.357 e. The van der Waals surface area contributed by atoms with Gasteiger partial charge >= 0.3 is 5.97 Å². The number of hydrogen-bond acceptors (Lipinski definition) is 6. The number of carbonyl (C=O) groups excluding carboxylic acids is 1. The van der Waals surface area contributed by atoms with Crippen molar-refractivity contribution in [3.8, 4) is 0 Å². The monoisotopic (exact) mass is 263 g/mol. The van der Waals surface area contributed by atoms with E-state index in [1.807, 2.05) is 0 Å². The van der Waals surface area contributed by atoms with E-state index in [1.165, 1.54) is 7.11 Å². The van der Waals surface area contributed by atoms with Gasteiger partial charge in [0.2, 0.25) is 0 Å². The van der Waals surface area contributed by atoms with E-state index in [-0.39, 0.29) is 12.1 Å². The highest BCUT2D eigenvalue weighted by Crippen LogP contribution is 2.28. The topological polar surface area (TPSA) is 73.3 Å². The van der Waals surface area contributed by atoms with E-state index in [0.29, 0.717) is 18.1 Å². The van der Waals surface area contributed by atoms with Gasteiger partial charge in [0.25, 0.3) is 0 Å². The first kappa shape index (κ1) is 12.5. The van der Waals surface area contributed by atoms with Crippen LogP contribution in [-0.2, 0) is 22.4 Å². The number of hydrogen-bond donors (Lipinski definition) is 1. The Kier molecular flexibility index (Phi) is 3.44. The van der Waals surface area contributed by atoms with Crippen molar-refractivity contribution in [3.63, 3.8) is 0 Å². The molecule has 0 spiro atoms. The molecule has 1 saturated heterocycles. The minimum absolute atomic E-state index is 0.0874. The van der Waals surface area contributed by atoms with E-state index in [9.17, 15) is 4.79 Å². The first-order chi connectivity index (χ1) is 9.29. The number of ether oxygens (including phenoxy) is 2. The van der Waals surface area contributed by atoms with Crippen LogP contribution in [0, 0.1) is 0 Å². The summed E-state index contributed by atoms with van der Waals surface area (Å²) in [6, 6.07) is 0. The minimum atomic E-state index is -0.389. The fourth-order valence-corrected chi connectivity index (χ4v) is 2.57. The van der Waals surface area contributed by atoms with Crippen LogP contribution in [0.3, 0.4) is 0 Å². The minimum Gasteiger partial charge on any atom is -0.464 e. The number of rotatable bonds is 2. The predicted octanol–water partition coefficient (Wildman–Crippen LogP) is 0.760. The maximum atomic E-state index is 11.9. The second kappa shape index (κ2) is 5.22. The molecule has 19 heavy (non-hydrogen) atoms. The molecule has 0 radical (unpaired) electrons. The second-order valence-corrected chi connectivity index (χ2v) is 4.78. The molecule has 1 N–H and O–H groups in total. The number of nitrogens with zero attached hydrogens (tertiary/aromatic N) is 2. The van der Waals surface area contributed by atoms with Gasteiger partial charge in [-0.05, 0) is 25.8 Å². The highest BCUT2D eigenvalue weighted by atomic mass is 16.5. The van der Waals surface area contributed by atoms with Crippen LogP contribution in [0.25, 0.3) is 0 Å². The predicted molar refractivity (Wildman–Crippen MR) is 66.7 cm³/mol. The molecule has 0 aromatic carbocycles. The van der Waals surface area contributed by atoms with E-state index in [0.717, 1.165) is 43.7 Å². The third kappa shape index (κ3) is 2.33. The number of aromatic nitrogens is 2. The summed E-state index contributed by atoms with van der Waals surface area (Å²) in [4.78, 5) is 20.8. The fraction of sp³-hybridized carbons (Fsp3) is 0.615. The summed E-state index contributed by atoms with van der Waals surface area (Å²) in [6.45, 7) is 2.23. The van der Waals surface area contributed by atoms with Crippen LogP contribution in [0.15, 0.2) is 0 Å². The summed E-state index contributed by atoms with van der Waals surface area (Å²) >= 11 is 0. The molecular weight excluding hydrogens is 246 g/mol. The molecule has 6 heteroatoms.